The monoisotopic (exact) mass is 426 g/mol. The summed E-state index contributed by atoms with van der Waals surface area (Å²) in [7, 11) is 0. The fourth-order valence-electron chi connectivity index (χ4n) is 3.47. The molecule has 6 nitrogen and oxygen atoms in total. The minimum atomic E-state index is -0.314. The van der Waals surface area contributed by atoms with E-state index in [0.717, 1.165) is 30.1 Å². The molecule has 1 aliphatic rings. The molecule has 0 bridgehead atoms. The predicted molar refractivity (Wildman–Crippen MR) is 114 cm³/mol. The van der Waals surface area contributed by atoms with Crippen molar-refractivity contribution < 1.29 is 13.7 Å². The third-order valence-corrected chi connectivity index (χ3v) is 6.21. The molecule has 2 heterocycles. The van der Waals surface area contributed by atoms with Gasteiger partial charge in [0.1, 0.15) is 5.82 Å². The third-order valence-electron chi connectivity index (χ3n) is 5.03. The average molecular weight is 427 g/mol. The Kier molecular flexibility index (Phi) is 6.32. The lowest BCUT2D eigenvalue weighted by Crippen LogP contribution is -2.30. The van der Waals surface area contributed by atoms with Gasteiger partial charge in [0.05, 0.1) is 5.69 Å². The van der Waals surface area contributed by atoms with Crippen molar-refractivity contribution in [1.29, 1.82) is 0 Å². The maximum absolute atomic E-state index is 13.0. The lowest BCUT2D eigenvalue weighted by atomic mass is 10.0. The largest absolute Gasteiger partial charge is 0.339 e. The highest BCUT2D eigenvalue weighted by atomic mass is 32.1. The number of carbonyl (C=O) groups is 1. The normalized spacial score (nSPS) is 13.1. The standard InChI is InChI=1S/C22H23FN4O2S/c1-2-14-27(22-24-17-6-3-4-7-18(17)30-22)20(28)9-5-8-19-25-21(26-29-19)15-10-12-16(23)13-11-15/h2,10-13H,1,3-9,14H2. The highest BCUT2D eigenvalue weighted by Crippen LogP contribution is 2.32. The molecule has 0 N–H and O–H groups in total. The van der Waals surface area contributed by atoms with Gasteiger partial charge in [-0.05, 0) is 56.4 Å². The second-order valence-corrected chi connectivity index (χ2v) is 8.30. The van der Waals surface area contributed by atoms with Gasteiger partial charge < -0.3 is 4.52 Å². The molecule has 0 fully saturated rings. The number of hydrogen-bond acceptors (Lipinski definition) is 6. The molecule has 0 atom stereocenters. The SMILES string of the molecule is C=CCN(C(=O)CCCc1nc(-c2ccc(F)cc2)no1)c1nc2c(s1)CCCC2. The lowest BCUT2D eigenvalue weighted by Gasteiger charge is -2.17. The number of aryl methyl sites for hydroxylation is 3. The van der Waals surface area contributed by atoms with Gasteiger partial charge in [-0.1, -0.05) is 11.2 Å². The first-order valence-corrected chi connectivity index (χ1v) is 10.9. The summed E-state index contributed by atoms with van der Waals surface area (Å²) < 4.78 is 18.3. The number of benzene rings is 1. The van der Waals surface area contributed by atoms with Crippen LogP contribution in [-0.2, 0) is 24.1 Å². The third kappa shape index (κ3) is 4.64. The lowest BCUT2D eigenvalue weighted by molar-refractivity contribution is -0.118. The fraction of sp³-hybridized carbons (Fsp3) is 0.364. The van der Waals surface area contributed by atoms with Crippen LogP contribution in [0.15, 0.2) is 41.4 Å². The summed E-state index contributed by atoms with van der Waals surface area (Å²) in [6.45, 7) is 4.23. The van der Waals surface area contributed by atoms with Crippen molar-refractivity contribution in [1.82, 2.24) is 15.1 Å². The molecular formula is C22H23FN4O2S. The first-order valence-electron chi connectivity index (χ1n) is 10.1. The van der Waals surface area contributed by atoms with Crippen LogP contribution in [0.25, 0.3) is 11.4 Å². The van der Waals surface area contributed by atoms with Crippen molar-refractivity contribution >= 4 is 22.4 Å². The Hall–Kier alpha value is -2.87. The van der Waals surface area contributed by atoms with Gasteiger partial charge in [-0.25, -0.2) is 9.37 Å². The highest BCUT2D eigenvalue weighted by molar-refractivity contribution is 7.16. The first kappa shape index (κ1) is 20.4. The Morgan fingerprint density at radius 3 is 2.80 bits per heavy atom. The van der Waals surface area contributed by atoms with Crippen molar-refractivity contribution in [2.75, 3.05) is 11.4 Å². The molecule has 0 saturated heterocycles. The van der Waals surface area contributed by atoms with Crippen molar-refractivity contribution in [3.63, 3.8) is 0 Å². The Bertz CT molecular complexity index is 1000. The van der Waals surface area contributed by atoms with E-state index in [4.69, 9.17) is 9.51 Å². The summed E-state index contributed by atoms with van der Waals surface area (Å²) in [5.74, 6) is 0.575. The van der Waals surface area contributed by atoms with E-state index in [1.807, 2.05) is 0 Å². The molecule has 0 saturated carbocycles. The Labute approximate surface area is 178 Å². The minimum Gasteiger partial charge on any atom is -0.339 e. The van der Waals surface area contributed by atoms with Crippen LogP contribution in [0.5, 0.6) is 0 Å². The number of fused-ring (bicyclic) bond motifs is 1. The van der Waals surface area contributed by atoms with E-state index in [1.165, 1.54) is 23.4 Å². The number of halogens is 1. The zero-order valence-electron chi connectivity index (χ0n) is 16.6. The maximum atomic E-state index is 13.0. The summed E-state index contributed by atoms with van der Waals surface area (Å²) in [6, 6.07) is 5.92. The van der Waals surface area contributed by atoms with E-state index >= 15 is 0 Å². The first-order chi connectivity index (χ1) is 14.6. The Morgan fingerprint density at radius 2 is 2.03 bits per heavy atom. The van der Waals surface area contributed by atoms with Crippen LogP contribution in [-0.4, -0.2) is 27.6 Å². The van der Waals surface area contributed by atoms with Gasteiger partial charge in [-0.15, -0.1) is 17.9 Å². The van der Waals surface area contributed by atoms with E-state index in [0.29, 0.717) is 43.1 Å². The molecule has 1 aromatic carbocycles. The van der Waals surface area contributed by atoms with E-state index < -0.39 is 0 Å². The van der Waals surface area contributed by atoms with Crippen molar-refractivity contribution in [2.45, 2.75) is 44.9 Å². The molecule has 0 aliphatic heterocycles. The van der Waals surface area contributed by atoms with Gasteiger partial charge in [0.2, 0.25) is 17.6 Å². The molecule has 0 radical (unpaired) electrons. The molecule has 8 heteroatoms. The van der Waals surface area contributed by atoms with Gasteiger partial charge in [-0.2, -0.15) is 4.98 Å². The van der Waals surface area contributed by atoms with Crippen LogP contribution in [0, 0.1) is 5.82 Å². The molecule has 4 rings (SSSR count). The number of rotatable bonds is 8. The predicted octanol–water partition coefficient (Wildman–Crippen LogP) is 4.75. The van der Waals surface area contributed by atoms with Crippen LogP contribution in [0.1, 0.15) is 42.1 Å². The van der Waals surface area contributed by atoms with Gasteiger partial charge in [0.15, 0.2) is 5.13 Å². The second kappa shape index (κ2) is 9.30. The van der Waals surface area contributed by atoms with Crippen LogP contribution >= 0.6 is 11.3 Å². The number of aromatic nitrogens is 3. The zero-order valence-corrected chi connectivity index (χ0v) is 17.5. The maximum Gasteiger partial charge on any atom is 0.229 e. The van der Waals surface area contributed by atoms with E-state index in [1.54, 1.807) is 34.4 Å². The van der Waals surface area contributed by atoms with Gasteiger partial charge >= 0.3 is 0 Å². The molecule has 156 valence electrons. The quantitative estimate of drug-likeness (QED) is 0.486. The minimum absolute atomic E-state index is 0.0132. The van der Waals surface area contributed by atoms with Crippen LogP contribution < -0.4 is 4.90 Å². The molecule has 1 amide bonds. The van der Waals surface area contributed by atoms with Crippen LogP contribution in [0.4, 0.5) is 9.52 Å². The van der Waals surface area contributed by atoms with E-state index in [-0.39, 0.29) is 11.7 Å². The summed E-state index contributed by atoms with van der Waals surface area (Å²) in [4.78, 5) is 24.9. The Morgan fingerprint density at radius 1 is 1.23 bits per heavy atom. The topological polar surface area (TPSA) is 72.1 Å². The van der Waals surface area contributed by atoms with Crippen molar-refractivity contribution in [3.8, 4) is 11.4 Å². The molecule has 1 aliphatic carbocycles. The molecular weight excluding hydrogens is 403 g/mol. The van der Waals surface area contributed by atoms with Crippen molar-refractivity contribution in [2.24, 2.45) is 0 Å². The highest BCUT2D eigenvalue weighted by Gasteiger charge is 2.22. The molecule has 0 unspecified atom stereocenters. The van der Waals surface area contributed by atoms with Crippen LogP contribution in [0.2, 0.25) is 0 Å². The van der Waals surface area contributed by atoms with E-state index in [2.05, 4.69) is 16.7 Å². The van der Waals surface area contributed by atoms with Gasteiger partial charge in [0, 0.05) is 29.8 Å². The number of nitrogens with zero attached hydrogens (tertiary/aromatic N) is 4. The van der Waals surface area contributed by atoms with Crippen LogP contribution in [0.3, 0.4) is 0 Å². The summed E-state index contributed by atoms with van der Waals surface area (Å²) in [5, 5.41) is 4.70. The zero-order chi connectivity index (χ0) is 20.9. The summed E-state index contributed by atoms with van der Waals surface area (Å²) in [5.41, 5.74) is 1.83. The van der Waals surface area contributed by atoms with Gasteiger partial charge in [-0.3, -0.25) is 9.69 Å². The number of hydrogen-bond donors (Lipinski definition) is 0. The van der Waals surface area contributed by atoms with Gasteiger partial charge in [0.25, 0.3) is 0 Å². The Balaban J connectivity index is 1.35. The average Bonchev–Trinajstić information content (AvgIpc) is 3.39. The molecule has 2 aromatic heterocycles. The molecule has 3 aromatic rings. The smallest absolute Gasteiger partial charge is 0.229 e. The number of amides is 1. The van der Waals surface area contributed by atoms with E-state index in [9.17, 15) is 9.18 Å². The van der Waals surface area contributed by atoms with Crippen molar-refractivity contribution in [3.05, 3.63) is 59.2 Å². The molecule has 30 heavy (non-hydrogen) atoms. The summed E-state index contributed by atoms with van der Waals surface area (Å²) >= 11 is 1.62. The fourth-order valence-corrected chi connectivity index (χ4v) is 4.64. The number of thiazole rings is 1. The molecule has 0 spiro atoms. The number of carbonyl (C=O) groups excluding carboxylic acids is 1. The summed E-state index contributed by atoms with van der Waals surface area (Å²) in [6.07, 6.45) is 7.56. The second-order valence-electron chi connectivity index (χ2n) is 7.24. The number of anilines is 1.